The summed E-state index contributed by atoms with van der Waals surface area (Å²) < 4.78 is 0. The zero-order valence-electron chi connectivity index (χ0n) is 12.5. The summed E-state index contributed by atoms with van der Waals surface area (Å²) in [5, 5.41) is 6.79. The van der Waals surface area contributed by atoms with Crippen LogP contribution in [0.4, 0.5) is 4.79 Å². The molecule has 0 bridgehead atoms. The molecule has 4 heteroatoms. The van der Waals surface area contributed by atoms with E-state index >= 15 is 0 Å². The van der Waals surface area contributed by atoms with Gasteiger partial charge in [-0.15, -0.1) is 0 Å². The molecule has 2 rings (SSSR count). The predicted molar refractivity (Wildman–Crippen MR) is 78.3 cm³/mol. The number of carbonyl (C=O) groups is 1. The van der Waals surface area contributed by atoms with Crippen molar-refractivity contribution in [2.24, 2.45) is 0 Å². The van der Waals surface area contributed by atoms with Crippen molar-refractivity contribution in [2.75, 3.05) is 13.1 Å². The fourth-order valence-electron chi connectivity index (χ4n) is 3.26. The van der Waals surface area contributed by atoms with Crippen LogP contribution in [0.25, 0.3) is 0 Å². The molecule has 2 unspecified atom stereocenters. The Morgan fingerprint density at radius 2 is 1.95 bits per heavy atom. The number of nitrogens with zero attached hydrogens (tertiary/aromatic N) is 1. The maximum atomic E-state index is 12.5. The third-order valence-corrected chi connectivity index (χ3v) is 4.66. The average Bonchev–Trinajstić information content (AvgIpc) is 2.47. The van der Waals surface area contributed by atoms with E-state index in [4.69, 9.17) is 0 Å². The molecule has 2 atom stereocenters. The van der Waals surface area contributed by atoms with Crippen LogP contribution in [0.15, 0.2) is 0 Å². The molecule has 1 aliphatic carbocycles. The van der Waals surface area contributed by atoms with Crippen LogP contribution in [0.1, 0.15) is 58.8 Å². The number of amides is 2. The van der Waals surface area contributed by atoms with Gasteiger partial charge in [-0.25, -0.2) is 4.79 Å². The van der Waals surface area contributed by atoms with E-state index in [9.17, 15) is 4.79 Å². The second-order valence-corrected chi connectivity index (χ2v) is 6.01. The standard InChI is InChI=1S/C15H29N3O/c1-3-12-11-18(14(4-2)10-16-12)15(19)17-13-8-6-5-7-9-13/h12-14,16H,3-11H2,1-2H3,(H,17,19). The highest BCUT2D eigenvalue weighted by atomic mass is 16.2. The second-order valence-electron chi connectivity index (χ2n) is 6.01. The Hall–Kier alpha value is -0.770. The van der Waals surface area contributed by atoms with E-state index in [2.05, 4.69) is 29.4 Å². The van der Waals surface area contributed by atoms with Crippen molar-refractivity contribution in [3.05, 3.63) is 0 Å². The summed E-state index contributed by atoms with van der Waals surface area (Å²) in [6.45, 7) is 6.14. The lowest BCUT2D eigenvalue weighted by molar-refractivity contribution is 0.132. The van der Waals surface area contributed by atoms with Gasteiger partial charge in [0.15, 0.2) is 0 Å². The summed E-state index contributed by atoms with van der Waals surface area (Å²) >= 11 is 0. The van der Waals surface area contributed by atoms with Gasteiger partial charge in [0.1, 0.15) is 0 Å². The van der Waals surface area contributed by atoms with Crippen molar-refractivity contribution in [1.29, 1.82) is 0 Å². The fourth-order valence-corrected chi connectivity index (χ4v) is 3.26. The van der Waals surface area contributed by atoms with Crippen LogP contribution < -0.4 is 10.6 Å². The molecular weight excluding hydrogens is 238 g/mol. The van der Waals surface area contributed by atoms with E-state index in [0.29, 0.717) is 18.1 Å². The molecule has 0 spiro atoms. The lowest BCUT2D eigenvalue weighted by atomic mass is 9.95. The number of piperazine rings is 1. The zero-order valence-corrected chi connectivity index (χ0v) is 12.5. The first-order valence-corrected chi connectivity index (χ1v) is 8.05. The number of carbonyl (C=O) groups excluding carboxylic acids is 1. The first-order chi connectivity index (χ1) is 9.24. The molecule has 2 aliphatic rings. The van der Waals surface area contributed by atoms with Gasteiger partial charge in [0.25, 0.3) is 0 Å². The molecule has 0 aromatic carbocycles. The number of hydrogen-bond acceptors (Lipinski definition) is 2. The van der Waals surface area contributed by atoms with E-state index in [-0.39, 0.29) is 6.03 Å². The number of nitrogens with one attached hydrogen (secondary N) is 2. The van der Waals surface area contributed by atoms with Crippen molar-refractivity contribution < 1.29 is 4.79 Å². The minimum Gasteiger partial charge on any atom is -0.335 e. The summed E-state index contributed by atoms with van der Waals surface area (Å²) in [5.41, 5.74) is 0. The summed E-state index contributed by atoms with van der Waals surface area (Å²) in [6.07, 6.45) is 8.29. The van der Waals surface area contributed by atoms with E-state index in [1.54, 1.807) is 0 Å². The molecule has 1 saturated heterocycles. The Morgan fingerprint density at radius 3 is 2.58 bits per heavy atom. The molecular formula is C15H29N3O. The lowest BCUT2D eigenvalue weighted by Gasteiger charge is -2.40. The van der Waals surface area contributed by atoms with Gasteiger partial charge in [0.05, 0.1) is 0 Å². The third-order valence-electron chi connectivity index (χ3n) is 4.66. The smallest absolute Gasteiger partial charge is 0.317 e. The third kappa shape index (κ3) is 3.85. The fraction of sp³-hybridized carbons (Fsp3) is 0.933. The monoisotopic (exact) mass is 267 g/mol. The quantitative estimate of drug-likeness (QED) is 0.825. The maximum absolute atomic E-state index is 12.5. The predicted octanol–water partition coefficient (Wildman–Crippen LogP) is 2.49. The van der Waals surface area contributed by atoms with E-state index in [1.165, 1.54) is 19.3 Å². The van der Waals surface area contributed by atoms with Gasteiger partial charge >= 0.3 is 6.03 Å². The molecule has 0 radical (unpaired) electrons. The molecule has 4 nitrogen and oxygen atoms in total. The van der Waals surface area contributed by atoms with Crippen molar-refractivity contribution in [1.82, 2.24) is 15.5 Å². The molecule has 110 valence electrons. The molecule has 0 aromatic heterocycles. The van der Waals surface area contributed by atoms with Crippen LogP contribution in [-0.2, 0) is 0 Å². The largest absolute Gasteiger partial charge is 0.335 e. The van der Waals surface area contributed by atoms with Gasteiger partial charge in [0, 0.05) is 31.2 Å². The molecule has 0 aromatic rings. The molecule has 1 aliphatic heterocycles. The molecule has 1 heterocycles. The average molecular weight is 267 g/mol. The normalized spacial score (nSPS) is 29.3. The SMILES string of the molecule is CCC1CN(C(=O)NC2CCCCC2)C(CC)CN1. The van der Waals surface area contributed by atoms with Crippen LogP contribution >= 0.6 is 0 Å². The Labute approximate surface area is 117 Å². The summed E-state index contributed by atoms with van der Waals surface area (Å²) in [4.78, 5) is 14.6. The first kappa shape index (κ1) is 14.6. The van der Waals surface area contributed by atoms with Gasteiger partial charge in [-0.3, -0.25) is 0 Å². The van der Waals surface area contributed by atoms with Gasteiger partial charge in [0.2, 0.25) is 0 Å². The molecule has 2 fully saturated rings. The van der Waals surface area contributed by atoms with E-state index in [1.807, 2.05) is 0 Å². The lowest BCUT2D eigenvalue weighted by Crippen LogP contribution is -2.61. The summed E-state index contributed by atoms with van der Waals surface area (Å²) in [7, 11) is 0. The van der Waals surface area contributed by atoms with E-state index < -0.39 is 0 Å². The molecule has 19 heavy (non-hydrogen) atoms. The Bertz CT molecular complexity index is 289. The van der Waals surface area contributed by atoms with Gasteiger partial charge in [-0.1, -0.05) is 33.1 Å². The topological polar surface area (TPSA) is 44.4 Å². The molecule has 2 N–H and O–H groups in total. The highest BCUT2D eigenvalue weighted by Gasteiger charge is 2.30. The zero-order chi connectivity index (χ0) is 13.7. The number of hydrogen-bond donors (Lipinski definition) is 2. The maximum Gasteiger partial charge on any atom is 0.317 e. The van der Waals surface area contributed by atoms with Gasteiger partial charge in [-0.05, 0) is 25.7 Å². The molecule has 1 saturated carbocycles. The van der Waals surface area contributed by atoms with Crippen LogP contribution in [-0.4, -0.2) is 42.1 Å². The highest BCUT2D eigenvalue weighted by Crippen LogP contribution is 2.19. The van der Waals surface area contributed by atoms with Crippen molar-refractivity contribution in [3.63, 3.8) is 0 Å². The Morgan fingerprint density at radius 1 is 1.21 bits per heavy atom. The highest BCUT2D eigenvalue weighted by molar-refractivity contribution is 5.75. The summed E-state index contributed by atoms with van der Waals surface area (Å²) in [5.74, 6) is 0. The second kappa shape index (κ2) is 7.13. The van der Waals surface area contributed by atoms with Gasteiger partial charge in [-0.2, -0.15) is 0 Å². The van der Waals surface area contributed by atoms with Crippen LogP contribution in [0.2, 0.25) is 0 Å². The Kier molecular flexibility index (Phi) is 5.49. The minimum atomic E-state index is 0.165. The van der Waals surface area contributed by atoms with Gasteiger partial charge < -0.3 is 15.5 Å². The van der Waals surface area contributed by atoms with Crippen LogP contribution in [0.3, 0.4) is 0 Å². The minimum absolute atomic E-state index is 0.165. The number of rotatable bonds is 3. The van der Waals surface area contributed by atoms with Crippen molar-refractivity contribution in [3.8, 4) is 0 Å². The first-order valence-electron chi connectivity index (χ1n) is 8.05. The van der Waals surface area contributed by atoms with Crippen LogP contribution in [0, 0.1) is 0 Å². The van der Waals surface area contributed by atoms with Crippen molar-refractivity contribution >= 4 is 6.03 Å². The Balaban J connectivity index is 1.90. The summed E-state index contributed by atoms with van der Waals surface area (Å²) in [6, 6.07) is 1.39. The van der Waals surface area contributed by atoms with Crippen LogP contribution in [0.5, 0.6) is 0 Å². The molecule has 2 amide bonds. The van der Waals surface area contributed by atoms with E-state index in [0.717, 1.165) is 38.8 Å². The van der Waals surface area contributed by atoms with Crippen molar-refractivity contribution in [2.45, 2.75) is 76.9 Å². The number of urea groups is 1.